The Balaban J connectivity index is 2.31. The number of rotatable bonds is 14. The zero-order valence-corrected chi connectivity index (χ0v) is 30.6. The van der Waals surface area contributed by atoms with Crippen LogP contribution < -0.4 is 0 Å². The molecule has 224 valence electrons. The molecule has 0 radical (unpaired) electrons. The van der Waals surface area contributed by atoms with Crippen molar-refractivity contribution in [1.29, 1.82) is 0 Å². The smallest absolute Gasteiger partial charge is 0.303 e. The molecule has 0 aliphatic carbocycles. The lowest BCUT2D eigenvalue weighted by atomic mass is 9.84. The number of carboxylic acid groups (broad SMARTS) is 1. The normalized spacial score (nSPS) is 14.2. The van der Waals surface area contributed by atoms with Gasteiger partial charge < -0.3 is 14.0 Å². The van der Waals surface area contributed by atoms with E-state index < -0.39 is 25.5 Å². The van der Waals surface area contributed by atoms with E-state index in [2.05, 4.69) is 112 Å². The number of hydrogen-bond donors (Lipinski definition) is 1. The average molecular weight is 603 g/mol. The van der Waals surface area contributed by atoms with Crippen LogP contribution in [0.4, 0.5) is 0 Å². The number of benzene rings is 1. The third-order valence-electron chi connectivity index (χ3n) is 6.92. The second-order valence-corrected chi connectivity index (χ2v) is 20.7. The van der Waals surface area contributed by atoms with Gasteiger partial charge >= 0.3 is 5.97 Å². The molecule has 0 saturated heterocycles. The van der Waals surface area contributed by atoms with Crippen molar-refractivity contribution in [3.8, 4) is 0 Å². The third-order valence-corrected chi connectivity index (χ3v) is 11.4. The summed E-state index contributed by atoms with van der Waals surface area (Å²) in [5.74, 6) is -0.746. The Morgan fingerprint density at radius 3 is 1.93 bits per heavy atom. The minimum absolute atomic E-state index is 0.179. The summed E-state index contributed by atoms with van der Waals surface area (Å²) < 4.78 is 13.4. The highest BCUT2D eigenvalue weighted by Crippen LogP contribution is 2.39. The molecule has 0 saturated carbocycles. The first-order valence-corrected chi connectivity index (χ1v) is 18.2. The molecule has 2 aromatic rings. The molecule has 4 nitrogen and oxygen atoms in total. The lowest BCUT2D eigenvalue weighted by Crippen LogP contribution is -2.34. The number of aryl methyl sites for hydroxylation is 2. The summed E-state index contributed by atoms with van der Waals surface area (Å²) in [6, 6.07) is 9.21. The second-order valence-electron chi connectivity index (χ2n) is 14.4. The summed E-state index contributed by atoms with van der Waals surface area (Å²) in [4.78, 5) is 12.2. The van der Waals surface area contributed by atoms with Crippen molar-refractivity contribution in [3.63, 3.8) is 0 Å². The maximum atomic E-state index is 10.9. The van der Waals surface area contributed by atoms with Gasteiger partial charge in [-0.25, -0.2) is 0 Å². The molecule has 1 N–H and O–H groups in total. The molecule has 0 aliphatic heterocycles. The lowest BCUT2D eigenvalue weighted by molar-refractivity contribution is -0.136. The predicted octanol–water partition coefficient (Wildman–Crippen LogP) is 8.30. The SMILES string of the molecule is CCC(=CCCC(=O)O)c1cc(CCc2ccc(C(C)(C)O[SiH2]C(C)(C)C)c(C(C)(C)O[SiH2]C(C)(C)C)c2)cs1. The van der Waals surface area contributed by atoms with Crippen molar-refractivity contribution >= 4 is 42.4 Å². The van der Waals surface area contributed by atoms with Gasteiger partial charge in [-0.2, -0.15) is 0 Å². The fourth-order valence-electron chi connectivity index (χ4n) is 4.47. The zero-order valence-electron chi connectivity index (χ0n) is 27.0. The van der Waals surface area contributed by atoms with Crippen LogP contribution in [0.1, 0.15) is 123 Å². The molecule has 1 aromatic carbocycles. The van der Waals surface area contributed by atoms with Crippen LogP contribution in [0.15, 0.2) is 35.7 Å². The van der Waals surface area contributed by atoms with E-state index in [1.807, 2.05) is 0 Å². The average Bonchev–Trinajstić information content (AvgIpc) is 3.31. The van der Waals surface area contributed by atoms with Crippen LogP contribution in [0.25, 0.3) is 5.57 Å². The van der Waals surface area contributed by atoms with Crippen LogP contribution in [0, 0.1) is 0 Å². The number of aliphatic carboxylic acids is 1. The van der Waals surface area contributed by atoms with Crippen LogP contribution in [-0.2, 0) is 37.7 Å². The van der Waals surface area contributed by atoms with Gasteiger partial charge in [-0.15, -0.1) is 11.3 Å². The zero-order chi connectivity index (χ0) is 30.4. The fourth-order valence-corrected chi connectivity index (χ4v) is 7.43. The number of allylic oxidation sites excluding steroid dienone is 2. The Bertz CT molecular complexity index is 1150. The Hall–Kier alpha value is -1.52. The van der Waals surface area contributed by atoms with Gasteiger partial charge in [0.1, 0.15) is 0 Å². The summed E-state index contributed by atoms with van der Waals surface area (Å²) in [6.07, 6.45) is 5.68. The van der Waals surface area contributed by atoms with Crippen LogP contribution >= 0.6 is 11.3 Å². The van der Waals surface area contributed by atoms with Gasteiger partial charge in [-0.1, -0.05) is 72.7 Å². The summed E-state index contributed by atoms with van der Waals surface area (Å²) >= 11 is 1.76. The number of thiophene rings is 1. The fraction of sp³-hybridized carbons (Fsp3) is 0.606. The van der Waals surface area contributed by atoms with E-state index in [1.54, 1.807) is 11.3 Å². The van der Waals surface area contributed by atoms with Gasteiger partial charge in [0.15, 0.2) is 19.5 Å². The molecular formula is C33H54O4SSi2. The highest BCUT2D eigenvalue weighted by atomic mass is 32.1. The highest BCUT2D eigenvalue weighted by Gasteiger charge is 2.33. The summed E-state index contributed by atoms with van der Waals surface area (Å²) in [6.45, 7) is 24.6. The van der Waals surface area contributed by atoms with E-state index in [0.717, 1.165) is 19.3 Å². The second kappa shape index (κ2) is 14.1. The van der Waals surface area contributed by atoms with Crippen LogP contribution in [0.2, 0.25) is 10.1 Å². The first kappa shape index (κ1) is 34.7. The van der Waals surface area contributed by atoms with Gasteiger partial charge in [-0.3, -0.25) is 4.79 Å². The Morgan fingerprint density at radius 2 is 1.40 bits per heavy atom. The first-order valence-electron chi connectivity index (χ1n) is 14.7. The molecule has 40 heavy (non-hydrogen) atoms. The Labute approximate surface area is 252 Å². The van der Waals surface area contributed by atoms with Crippen molar-refractivity contribution < 1.29 is 18.8 Å². The topological polar surface area (TPSA) is 55.8 Å². The molecule has 0 fully saturated rings. The Morgan fingerprint density at radius 1 is 0.850 bits per heavy atom. The van der Waals surface area contributed by atoms with E-state index in [-0.39, 0.29) is 27.7 Å². The largest absolute Gasteiger partial charge is 0.481 e. The standard InChI is InChI=1S/C33H54O4SSi2/c1-12-25(14-13-15-29(34)35)28-21-24(22-38-28)17-16-23-18-19-26(32(8,9)36-39-30(2,3)4)27(20-23)33(10,11)37-40-31(5,6)7/h14,18-22H,12-13,15-17,39-40H2,1-11H3,(H,34,35). The van der Waals surface area contributed by atoms with Crippen LogP contribution in [0.5, 0.6) is 0 Å². The van der Waals surface area contributed by atoms with Crippen molar-refractivity contribution in [2.45, 2.75) is 130 Å². The maximum Gasteiger partial charge on any atom is 0.303 e. The third kappa shape index (κ3) is 11.4. The molecule has 1 aromatic heterocycles. The number of hydrogen-bond acceptors (Lipinski definition) is 4. The minimum Gasteiger partial charge on any atom is -0.481 e. The molecule has 2 rings (SSSR count). The molecule has 7 heteroatoms. The molecule has 0 aliphatic rings. The highest BCUT2D eigenvalue weighted by molar-refractivity contribution is 7.11. The van der Waals surface area contributed by atoms with E-state index in [4.69, 9.17) is 14.0 Å². The molecule has 0 bridgehead atoms. The minimum atomic E-state index is -0.746. The molecule has 0 atom stereocenters. The number of carboxylic acids is 1. The number of carbonyl (C=O) groups is 1. The molecule has 0 unspecified atom stereocenters. The van der Waals surface area contributed by atoms with Gasteiger partial charge in [0.2, 0.25) is 0 Å². The molecular weight excluding hydrogens is 549 g/mol. The van der Waals surface area contributed by atoms with Gasteiger partial charge in [0.25, 0.3) is 0 Å². The molecule has 0 amide bonds. The quantitative estimate of drug-likeness (QED) is 0.221. The van der Waals surface area contributed by atoms with E-state index in [9.17, 15) is 4.79 Å². The summed E-state index contributed by atoms with van der Waals surface area (Å²) in [5, 5.41) is 11.7. The van der Waals surface area contributed by atoms with E-state index >= 15 is 0 Å². The lowest BCUT2D eigenvalue weighted by Gasteiger charge is -2.38. The Kier molecular flexibility index (Phi) is 12.2. The van der Waals surface area contributed by atoms with Gasteiger partial charge in [0, 0.05) is 11.3 Å². The van der Waals surface area contributed by atoms with Crippen LogP contribution in [0.3, 0.4) is 0 Å². The van der Waals surface area contributed by atoms with Crippen molar-refractivity contribution in [2.24, 2.45) is 0 Å². The first-order chi connectivity index (χ1) is 18.3. The monoisotopic (exact) mass is 602 g/mol. The summed E-state index contributed by atoms with van der Waals surface area (Å²) in [7, 11) is -1.47. The van der Waals surface area contributed by atoms with E-state index in [0.29, 0.717) is 6.42 Å². The predicted molar refractivity (Wildman–Crippen MR) is 178 cm³/mol. The van der Waals surface area contributed by atoms with E-state index in [1.165, 1.54) is 32.7 Å². The van der Waals surface area contributed by atoms with Gasteiger partial charge in [-0.05, 0) is 103 Å². The van der Waals surface area contributed by atoms with Crippen LogP contribution in [-0.4, -0.2) is 30.6 Å². The van der Waals surface area contributed by atoms with Crippen molar-refractivity contribution in [1.82, 2.24) is 0 Å². The molecule has 1 heterocycles. The van der Waals surface area contributed by atoms with Crippen molar-refractivity contribution in [3.05, 3.63) is 62.9 Å². The summed E-state index contributed by atoms with van der Waals surface area (Å²) in [5.41, 5.74) is 5.61. The molecule has 0 spiro atoms. The maximum absolute atomic E-state index is 10.9. The van der Waals surface area contributed by atoms with Gasteiger partial charge in [0.05, 0.1) is 11.2 Å². The van der Waals surface area contributed by atoms with Crippen molar-refractivity contribution in [2.75, 3.05) is 0 Å².